The van der Waals surface area contributed by atoms with Crippen molar-refractivity contribution in [2.24, 2.45) is 5.73 Å². The topological polar surface area (TPSA) is 92.4 Å². The molecule has 0 fully saturated rings. The summed E-state index contributed by atoms with van der Waals surface area (Å²) in [6.45, 7) is 0.594. The van der Waals surface area contributed by atoms with E-state index in [-0.39, 0.29) is 10.6 Å². The van der Waals surface area contributed by atoms with Crippen LogP contribution < -0.4 is 10.5 Å². The minimum Gasteiger partial charge on any atom is -0.508 e. The van der Waals surface area contributed by atoms with Crippen molar-refractivity contribution in [3.8, 4) is 5.75 Å². The average Bonchev–Trinajstić information content (AvgIpc) is 2.49. The Labute approximate surface area is 124 Å². The summed E-state index contributed by atoms with van der Waals surface area (Å²) in [5.41, 5.74) is 7.24. The van der Waals surface area contributed by atoms with Crippen LogP contribution in [0.5, 0.6) is 5.75 Å². The molecule has 0 radical (unpaired) electrons. The van der Waals surface area contributed by atoms with Gasteiger partial charge in [0.1, 0.15) is 5.75 Å². The lowest BCUT2D eigenvalue weighted by atomic mass is 10.1. The molecule has 5 nitrogen and oxygen atoms in total. The van der Waals surface area contributed by atoms with Crippen molar-refractivity contribution in [2.75, 3.05) is 6.54 Å². The third-order valence-corrected chi connectivity index (χ3v) is 4.55. The normalized spacial score (nSPS) is 11.5. The van der Waals surface area contributed by atoms with Crippen LogP contribution in [0.25, 0.3) is 0 Å². The van der Waals surface area contributed by atoms with Crippen molar-refractivity contribution in [3.05, 3.63) is 59.7 Å². The zero-order chi connectivity index (χ0) is 15.3. The molecule has 2 rings (SSSR count). The molecule has 112 valence electrons. The molecule has 0 aliphatic carbocycles. The number of phenolic OH excluding ortho intramolecular Hbond substituents is 1. The Bertz CT molecular complexity index is 697. The minimum atomic E-state index is -3.53. The van der Waals surface area contributed by atoms with Gasteiger partial charge in [-0.1, -0.05) is 24.3 Å². The standard InChI is InChI=1S/C15H18N2O3S/c16-11-13-2-1-3-15(10-13)21(19,20)17-9-8-12-4-6-14(18)7-5-12/h1-7,10,17-18H,8-9,11,16H2. The largest absolute Gasteiger partial charge is 0.508 e. The van der Waals surface area contributed by atoms with Crippen molar-refractivity contribution < 1.29 is 13.5 Å². The lowest BCUT2D eigenvalue weighted by molar-refractivity contribution is 0.475. The number of hydrogen-bond donors (Lipinski definition) is 3. The summed E-state index contributed by atoms with van der Waals surface area (Å²) < 4.78 is 26.9. The Balaban J connectivity index is 1.99. The molecule has 21 heavy (non-hydrogen) atoms. The van der Waals surface area contributed by atoms with Crippen molar-refractivity contribution in [2.45, 2.75) is 17.9 Å². The maximum Gasteiger partial charge on any atom is 0.240 e. The lowest BCUT2D eigenvalue weighted by Gasteiger charge is -2.08. The third kappa shape index (κ3) is 4.29. The molecule has 0 unspecified atom stereocenters. The first kappa shape index (κ1) is 15.5. The van der Waals surface area contributed by atoms with E-state index in [0.29, 0.717) is 19.5 Å². The van der Waals surface area contributed by atoms with E-state index in [1.807, 2.05) is 0 Å². The van der Waals surface area contributed by atoms with Crippen LogP contribution in [-0.2, 0) is 23.0 Å². The van der Waals surface area contributed by atoms with Crippen LogP contribution in [-0.4, -0.2) is 20.1 Å². The third-order valence-electron chi connectivity index (χ3n) is 3.09. The van der Waals surface area contributed by atoms with E-state index in [0.717, 1.165) is 11.1 Å². The maximum absolute atomic E-state index is 12.2. The van der Waals surface area contributed by atoms with E-state index in [9.17, 15) is 13.5 Å². The fraction of sp³-hybridized carbons (Fsp3) is 0.200. The smallest absolute Gasteiger partial charge is 0.240 e. The molecule has 0 spiro atoms. The van der Waals surface area contributed by atoms with Crippen LogP contribution in [0.3, 0.4) is 0 Å². The molecule has 0 saturated carbocycles. The van der Waals surface area contributed by atoms with Gasteiger partial charge in [-0.3, -0.25) is 0 Å². The zero-order valence-corrected chi connectivity index (χ0v) is 12.3. The van der Waals surface area contributed by atoms with Gasteiger partial charge in [0.05, 0.1) is 4.90 Å². The Morgan fingerprint density at radius 2 is 1.76 bits per heavy atom. The van der Waals surface area contributed by atoms with Crippen LogP contribution in [0.15, 0.2) is 53.4 Å². The Morgan fingerprint density at radius 3 is 2.43 bits per heavy atom. The number of rotatable bonds is 6. The Morgan fingerprint density at radius 1 is 1.05 bits per heavy atom. The van der Waals surface area contributed by atoms with Gasteiger partial charge in [-0.2, -0.15) is 0 Å². The first-order valence-corrected chi connectivity index (χ1v) is 8.06. The number of hydrogen-bond acceptors (Lipinski definition) is 4. The van der Waals surface area contributed by atoms with Gasteiger partial charge < -0.3 is 10.8 Å². The van der Waals surface area contributed by atoms with Crippen LogP contribution in [0, 0.1) is 0 Å². The molecule has 0 saturated heterocycles. The van der Waals surface area contributed by atoms with Crippen molar-refractivity contribution in [3.63, 3.8) is 0 Å². The zero-order valence-electron chi connectivity index (χ0n) is 11.5. The molecule has 0 heterocycles. The van der Waals surface area contributed by atoms with E-state index in [4.69, 9.17) is 5.73 Å². The van der Waals surface area contributed by atoms with Gasteiger partial charge in [-0.25, -0.2) is 13.1 Å². The molecular formula is C15H18N2O3S. The maximum atomic E-state index is 12.2. The monoisotopic (exact) mass is 306 g/mol. The van der Waals surface area contributed by atoms with Crippen molar-refractivity contribution in [1.29, 1.82) is 0 Å². The summed E-state index contributed by atoms with van der Waals surface area (Å²) in [6, 6.07) is 13.3. The van der Waals surface area contributed by atoms with Gasteiger partial charge >= 0.3 is 0 Å². The summed E-state index contributed by atoms with van der Waals surface area (Å²) in [7, 11) is -3.53. The molecule has 4 N–H and O–H groups in total. The van der Waals surface area contributed by atoms with Crippen LogP contribution in [0.4, 0.5) is 0 Å². The first-order valence-electron chi connectivity index (χ1n) is 6.58. The molecule has 0 atom stereocenters. The van der Waals surface area contributed by atoms with E-state index >= 15 is 0 Å². The van der Waals surface area contributed by atoms with Crippen LogP contribution in [0.1, 0.15) is 11.1 Å². The summed E-state index contributed by atoms with van der Waals surface area (Å²) in [5, 5.41) is 9.19. The highest BCUT2D eigenvalue weighted by Gasteiger charge is 2.13. The van der Waals surface area contributed by atoms with Crippen molar-refractivity contribution >= 4 is 10.0 Å². The molecule has 2 aromatic carbocycles. The Kier molecular flexibility index (Phi) is 4.95. The van der Waals surface area contributed by atoms with Gasteiger partial charge in [-0.05, 0) is 41.8 Å². The molecule has 6 heteroatoms. The summed E-state index contributed by atoms with van der Waals surface area (Å²) in [6.07, 6.45) is 0.552. The van der Waals surface area contributed by atoms with E-state index in [1.165, 1.54) is 0 Å². The molecule has 2 aromatic rings. The van der Waals surface area contributed by atoms with Gasteiger partial charge in [0, 0.05) is 13.1 Å². The number of sulfonamides is 1. The SMILES string of the molecule is NCc1cccc(S(=O)(=O)NCCc2ccc(O)cc2)c1. The number of benzene rings is 2. The number of aromatic hydroxyl groups is 1. The second kappa shape index (κ2) is 6.71. The van der Waals surface area contributed by atoms with Crippen LogP contribution >= 0.6 is 0 Å². The highest BCUT2D eigenvalue weighted by atomic mass is 32.2. The Hall–Kier alpha value is -1.89. The first-order chi connectivity index (χ1) is 10.0. The molecule has 0 aliphatic rings. The minimum absolute atomic E-state index is 0.193. The van der Waals surface area contributed by atoms with Gasteiger partial charge in [0.25, 0.3) is 0 Å². The number of phenols is 1. The number of nitrogens with one attached hydrogen (secondary N) is 1. The highest BCUT2D eigenvalue weighted by molar-refractivity contribution is 7.89. The molecule has 0 bridgehead atoms. The van der Waals surface area contributed by atoms with Gasteiger partial charge in [0.15, 0.2) is 0 Å². The van der Waals surface area contributed by atoms with Crippen LogP contribution in [0.2, 0.25) is 0 Å². The summed E-state index contributed by atoms with van der Waals surface area (Å²) in [5.74, 6) is 0.193. The molecule has 0 amide bonds. The van der Waals surface area contributed by atoms with E-state index < -0.39 is 10.0 Å². The lowest BCUT2D eigenvalue weighted by Crippen LogP contribution is -2.26. The van der Waals surface area contributed by atoms with Gasteiger partial charge in [0.2, 0.25) is 10.0 Å². The van der Waals surface area contributed by atoms with E-state index in [2.05, 4.69) is 4.72 Å². The van der Waals surface area contributed by atoms with Crippen molar-refractivity contribution in [1.82, 2.24) is 4.72 Å². The van der Waals surface area contributed by atoms with E-state index in [1.54, 1.807) is 48.5 Å². The summed E-state index contributed by atoms with van der Waals surface area (Å²) >= 11 is 0. The fourth-order valence-electron chi connectivity index (χ4n) is 1.92. The summed E-state index contributed by atoms with van der Waals surface area (Å²) in [4.78, 5) is 0.219. The predicted molar refractivity (Wildman–Crippen MR) is 81.3 cm³/mol. The molecule has 0 aromatic heterocycles. The second-order valence-electron chi connectivity index (χ2n) is 4.67. The average molecular weight is 306 g/mol. The molecular weight excluding hydrogens is 288 g/mol. The number of nitrogens with two attached hydrogens (primary N) is 1. The van der Waals surface area contributed by atoms with Gasteiger partial charge in [-0.15, -0.1) is 0 Å². The second-order valence-corrected chi connectivity index (χ2v) is 6.43. The quantitative estimate of drug-likeness (QED) is 0.751. The fourth-order valence-corrected chi connectivity index (χ4v) is 3.02. The molecule has 0 aliphatic heterocycles. The predicted octanol–water partition coefficient (Wildman–Crippen LogP) is 1.37. The highest BCUT2D eigenvalue weighted by Crippen LogP contribution is 2.12.